The van der Waals surface area contributed by atoms with Crippen LogP contribution in [0.4, 0.5) is 0 Å². The van der Waals surface area contributed by atoms with E-state index < -0.39 is 5.69 Å². The van der Waals surface area contributed by atoms with Crippen LogP contribution in [0.2, 0.25) is 0 Å². The number of carbonyl (C=O) groups excluding carboxylic acids is 1. The van der Waals surface area contributed by atoms with E-state index >= 15 is 0 Å². The van der Waals surface area contributed by atoms with Gasteiger partial charge in [-0.05, 0) is 32.0 Å². The Morgan fingerprint density at radius 2 is 1.96 bits per heavy atom. The molecule has 8 heteroatoms. The van der Waals surface area contributed by atoms with Gasteiger partial charge in [0.05, 0.1) is 0 Å². The van der Waals surface area contributed by atoms with Crippen LogP contribution in [0.15, 0.2) is 45.7 Å². The topological polar surface area (TPSA) is 103 Å². The zero-order valence-corrected chi connectivity index (χ0v) is 14.6. The van der Waals surface area contributed by atoms with Crippen LogP contribution in [0, 0.1) is 13.8 Å². The summed E-state index contributed by atoms with van der Waals surface area (Å²) in [5.41, 5.74) is 1.75. The van der Waals surface area contributed by atoms with E-state index in [1.165, 1.54) is 4.57 Å². The average molecular weight is 353 g/mol. The monoisotopic (exact) mass is 353 g/mol. The largest absolute Gasteiger partial charge is 0.354 e. The van der Waals surface area contributed by atoms with Crippen LogP contribution in [0.1, 0.15) is 17.2 Å². The zero-order valence-electron chi connectivity index (χ0n) is 14.6. The van der Waals surface area contributed by atoms with E-state index in [0.717, 1.165) is 5.56 Å². The molecular weight excluding hydrogens is 334 g/mol. The van der Waals surface area contributed by atoms with Crippen LogP contribution in [0.3, 0.4) is 0 Å². The van der Waals surface area contributed by atoms with Crippen molar-refractivity contribution in [3.8, 4) is 11.5 Å². The summed E-state index contributed by atoms with van der Waals surface area (Å²) in [7, 11) is 0. The molecule has 3 aromatic rings. The number of nitrogens with zero attached hydrogens (tertiary/aromatic N) is 4. The maximum Gasteiger partial charge on any atom is 0.348 e. The third kappa shape index (κ3) is 4.21. The summed E-state index contributed by atoms with van der Waals surface area (Å²) in [6, 6.07) is 11.2. The molecule has 0 unspecified atom stereocenters. The second kappa shape index (κ2) is 7.73. The minimum Gasteiger partial charge on any atom is -0.354 e. The van der Waals surface area contributed by atoms with Crippen LogP contribution < -0.4 is 11.0 Å². The van der Waals surface area contributed by atoms with E-state index in [9.17, 15) is 9.59 Å². The Bertz CT molecular complexity index is 962. The van der Waals surface area contributed by atoms with Gasteiger partial charge in [-0.2, -0.15) is 9.97 Å². The van der Waals surface area contributed by atoms with Gasteiger partial charge in [0.1, 0.15) is 6.54 Å². The summed E-state index contributed by atoms with van der Waals surface area (Å²) in [6.45, 7) is 3.79. The predicted molar refractivity (Wildman–Crippen MR) is 94.4 cm³/mol. The van der Waals surface area contributed by atoms with E-state index in [0.29, 0.717) is 36.1 Å². The van der Waals surface area contributed by atoms with Crippen molar-refractivity contribution in [2.45, 2.75) is 26.8 Å². The van der Waals surface area contributed by atoms with Crippen molar-refractivity contribution in [2.75, 3.05) is 6.54 Å². The molecule has 0 spiro atoms. The lowest BCUT2D eigenvalue weighted by atomic mass is 10.2. The minimum atomic E-state index is -0.427. The summed E-state index contributed by atoms with van der Waals surface area (Å²) in [4.78, 5) is 32.1. The fourth-order valence-electron chi connectivity index (χ4n) is 2.53. The lowest BCUT2D eigenvalue weighted by Gasteiger charge is -2.09. The number of aryl methyl sites for hydroxylation is 2. The molecule has 0 saturated carbocycles. The van der Waals surface area contributed by atoms with Gasteiger partial charge in [-0.25, -0.2) is 4.79 Å². The van der Waals surface area contributed by atoms with Crippen molar-refractivity contribution in [1.82, 2.24) is 25.0 Å². The molecule has 26 heavy (non-hydrogen) atoms. The number of aromatic nitrogens is 4. The first kappa shape index (κ1) is 17.5. The van der Waals surface area contributed by atoms with E-state index in [-0.39, 0.29) is 12.5 Å². The highest BCUT2D eigenvalue weighted by atomic mass is 16.5. The summed E-state index contributed by atoms with van der Waals surface area (Å²) in [5.74, 6) is 0.682. The van der Waals surface area contributed by atoms with Crippen molar-refractivity contribution < 1.29 is 9.32 Å². The third-order valence-electron chi connectivity index (χ3n) is 3.81. The zero-order chi connectivity index (χ0) is 18.5. The van der Waals surface area contributed by atoms with Crippen LogP contribution in [-0.4, -0.2) is 32.1 Å². The van der Waals surface area contributed by atoms with Crippen molar-refractivity contribution in [3.05, 3.63) is 64.1 Å². The Morgan fingerprint density at radius 3 is 2.69 bits per heavy atom. The van der Waals surface area contributed by atoms with Crippen molar-refractivity contribution in [3.63, 3.8) is 0 Å². The predicted octanol–water partition coefficient (Wildman–Crippen LogP) is 1.27. The minimum absolute atomic E-state index is 0.0700. The summed E-state index contributed by atoms with van der Waals surface area (Å²) < 4.78 is 6.56. The average Bonchev–Trinajstić information content (AvgIpc) is 3.08. The van der Waals surface area contributed by atoms with E-state index in [4.69, 9.17) is 4.52 Å². The molecule has 8 nitrogen and oxygen atoms in total. The van der Waals surface area contributed by atoms with Crippen LogP contribution in [0.5, 0.6) is 0 Å². The molecule has 1 amide bonds. The van der Waals surface area contributed by atoms with Crippen LogP contribution in [-0.2, 0) is 17.8 Å². The van der Waals surface area contributed by atoms with Crippen molar-refractivity contribution >= 4 is 5.91 Å². The van der Waals surface area contributed by atoms with Gasteiger partial charge >= 0.3 is 5.69 Å². The molecule has 1 aromatic carbocycles. The normalized spacial score (nSPS) is 10.7. The maximum absolute atomic E-state index is 12.1. The standard InChI is InChI=1S/C18H19N5O3/c1-12-10-13(2)23(18(25)20-12)11-16(24)19-9-8-15-21-17(26-22-15)14-6-4-3-5-7-14/h3-7,10H,8-9,11H2,1-2H3,(H,19,24). The first-order valence-corrected chi connectivity index (χ1v) is 8.23. The number of rotatable bonds is 6. The van der Waals surface area contributed by atoms with E-state index in [2.05, 4.69) is 20.4 Å². The second-order valence-corrected chi connectivity index (χ2v) is 5.89. The Labute approximate surface area is 149 Å². The molecule has 0 atom stereocenters. The SMILES string of the molecule is Cc1cc(C)n(CC(=O)NCCc2noc(-c3ccccc3)n2)c(=O)n1. The van der Waals surface area contributed by atoms with Gasteiger partial charge in [0.15, 0.2) is 5.82 Å². The van der Waals surface area contributed by atoms with Gasteiger partial charge in [-0.3, -0.25) is 9.36 Å². The number of carbonyl (C=O) groups is 1. The molecule has 0 saturated heterocycles. The van der Waals surface area contributed by atoms with Gasteiger partial charge in [-0.15, -0.1) is 0 Å². The molecule has 0 aliphatic carbocycles. The maximum atomic E-state index is 12.1. The molecule has 0 aliphatic rings. The van der Waals surface area contributed by atoms with Gasteiger partial charge in [0.2, 0.25) is 5.91 Å². The molecule has 2 heterocycles. The first-order valence-electron chi connectivity index (χ1n) is 8.23. The highest BCUT2D eigenvalue weighted by Gasteiger charge is 2.10. The smallest absolute Gasteiger partial charge is 0.348 e. The molecule has 134 valence electrons. The van der Waals surface area contributed by atoms with Crippen LogP contribution >= 0.6 is 0 Å². The third-order valence-corrected chi connectivity index (χ3v) is 3.81. The summed E-state index contributed by atoms with van der Waals surface area (Å²) in [6.07, 6.45) is 0.433. The summed E-state index contributed by atoms with van der Waals surface area (Å²) in [5, 5.41) is 6.66. The second-order valence-electron chi connectivity index (χ2n) is 5.89. The van der Waals surface area contributed by atoms with Gasteiger partial charge in [0.25, 0.3) is 5.89 Å². The quantitative estimate of drug-likeness (QED) is 0.716. The number of hydrogen-bond donors (Lipinski definition) is 1. The van der Waals surface area contributed by atoms with E-state index in [1.807, 2.05) is 30.3 Å². The number of nitrogens with one attached hydrogen (secondary N) is 1. The van der Waals surface area contributed by atoms with Crippen molar-refractivity contribution in [2.24, 2.45) is 0 Å². The van der Waals surface area contributed by atoms with Gasteiger partial charge in [-0.1, -0.05) is 23.4 Å². The molecule has 0 fully saturated rings. The van der Waals surface area contributed by atoms with Crippen molar-refractivity contribution in [1.29, 1.82) is 0 Å². The molecular formula is C18H19N5O3. The Hall–Kier alpha value is -3.29. The molecule has 0 aliphatic heterocycles. The Balaban J connectivity index is 1.53. The molecule has 0 radical (unpaired) electrons. The molecule has 1 N–H and O–H groups in total. The molecule has 3 rings (SSSR count). The fraction of sp³-hybridized carbons (Fsp3) is 0.278. The molecule has 0 bridgehead atoms. The van der Waals surface area contributed by atoms with E-state index in [1.54, 1.807) is 19.9 Å². The lowest BCUT2D eigenvalue weighted by Crippen LogP contribution is -2.35. The lowest BCUT2D eigenvalue weighted by molar-refractivity contribution is -0.121. The highest BCUT2D eigenvalue weighted by molar-refractivity contribution is 5.75. The number of amides is 1. The van der Waals surface area contributed by atoms with Gasteiger partial charge < -0.3 is 9.84 Å². The highest BCUT2D eigenvalue weighted by Crippen LogP contribution is 2.15. The fourth-order valence-corrected chi connectivity index (χ4v) is 2.53. The Morgan fingerprint density at radius 1 is 1.19 bits per heavy atom. The Kier molecular flexibility index (Phi) is 5.21. The number of hydrogen-bond acceptors (Lipinski definition) is 6. The first-order chi connectivity index (χ1) is 12.5. The van der Waals surface area contributed by atoms with Gasteiger partial charge in [0, 0.05) is 29.9 Å². The number of benzene rings is 1. The summed E-state index contributed by atoms with van der Waals surface area (Å²) >= 11 is 0. The van der Waals surface area contributed by atoms with Crippen LogP contribution in [0.25, 0.3) is 11.5 Å². The molecule has 2 aromatic heterocycles.